The number of benzene rings is 4. The molecule has 0 radical (unpaired) electrons. The highest BCUT2D eigenvalue weighted by Gasteiger charge is 2.32. The summed E-state index contributed by atoms with van der Waals surface area (Å²) >= 11 is 7.01. The highest BCUT2D eigenvalue weighted by atomic mass is 35.5. The van der Waals surface area contributed by atoms with Gasteiger partial charge in [-0.05, 0) is 23.3 Å². The van der Waals surface area contributed by atoms with E-state index in [4.69, 9.17) is 21.8 Å². The van der Waals surface area contributed by atoms with Crippen molar-refractivity contribution in [3.63, 3.8) is 0 Å². The van der Waals surface area contributed by atoms with Gasteiger partial charge in [-0.1, -0.05) is 78.3 Å². The molecule has 0 aliphatic heterocycles. The molecule has 0 saturated heterocycles. The first-order valence-electron chi connectivity index (χ1n) is 11.6. The molecule has 0 N–H and O–H groups in total. The van der Waals surface area contributed by atoms with Crippen LogP contribution in [0, 0.1) is 0 Å². The molecule has 6 rings (SSSR count). The lowest BCUT2D eigenvalue weighted by Crippen LogP contribution is -2.14. The first-order valence-corrected chi connectivity index (χ1v) is 12.0. The highest BCUT2D eigenvalue weighted by molar-refractivity contribution is 6.38. The van der Waals surface area contributed by atoms with Crippen molar-refractivity contribution in [2.75, 3.05) is 38.0 Å². The van der Waals surface area contributed by atoms with Gasteiger partial charge in [0.1, 0.15) is 11.4 Å². The molecule has 0 saturated carbocycles. The molecule has 172 valence electrons. The molecule has 1 aliphatic carbocycles. The van der Waals surface area contributed by atoms with Crippen LogP contribution in [-0.4, -0.2) is 38.4 Å². The SMILES string of the molecule is CN(C)c1ccc2c3c(cc(Cl)c(N(C)C)c13)-c1c(-c3ccccc3)nnc(-c3ccccc3)c1-2. The van der Waals surface area contributed by atoms with Crippen molar-refractivity contribution in [3.05, 3.63) is 83.9 Å². The van der Waals surface area contributed by atoms with Gasteiger partial charge in [0.05, 0.1) is 10.7 Å². The lowest BCUT2D eigenvalue weighted by Gasteiger charge is -2.24. The molecule has 5 heteroatoms. The van der Waals surface area contributed by atoms with Crippen molar-refractivity contribution in [3.8, 4) is 44.8 Å². The fourth-order valence-corrected chi connectivity index (χ4v) is 5.64. The van der Waals surface area contributed by atoms with Crippen LogP contribution in [0.4, 0.5) is 11.4 Å². The molecule has 35 heavy (non-hydrogen) atoms. The van der Waals surface area contributed by atoms with E-state index >= 15 is 0 Å². The van der Waals surface area contributed by atoms with Crippen LogP contribution >= 0.6 is 11.6 Å². The number of halogens is 1. The summed E-state index contributed by atoms with van der Waals surface area (Å²) in [4.78, 5) is 4.26. The fraction of sp³-hybridized carbons (Fsp3) is 0.133. The van der Waals surface area contributed by atoms with Gasteiger partial charge in [0.2, 0.25) is 0 Å². The fourth-order valence-electron chi connectivity index (χ4n) is 5.27. The molecule has 0 unspecified atom stereocenters. The number of anilines is 2. The van der Waals surface area contributed by atoms with Gasteiger partial charge in [-0.3, -0.25) is 0 Å². The Morgan fingerprint density at radius 1 is 0.600 bits per heavy atom. The molecule has 1 aliphatic rings. The van der Waals surface area contributed by atoms with Crippen LogP contribution in [0.3, 0.4) is 0 Å². The van der Waals surface area contributed by atoms with Gasteiger partial charge >= 0.3 is 0 Å². The van der Waals surface area contributed by atoms with E-state index in [0.717, 1.165) is 61.0 Å². The maximum atomic E-state index is 7.01. The molecule has 0 bridgehead atoms. The number of rotatable bonds is 4. The minimum atomic E-state index is 0.725. The summed E-state index contributed by atoms with van der Waals surface area (Å²) in [6.45, 7) is 0. The van der Waals surface area contributed by atoms with E-state index in [1.807, 2.05) is 50.5 Å². The van der Waals surface area contributed by atoms with Crippen LogP contribution in [0.5, 0.6) is 0 Å². The summed E-state index contributed by atoms with van der Waals surface area (Å²) in [7, 11) is 8.25. The molecule has 1 aromatic heterocycles. The van der Waals surface area contributed by atoms with Crippen molar-refractivity contribution in [2.24, 2.45) is 0 Å². The molecule has 0 spiro atoms. The van der Waals surface area contributed by atoms with Crippen molar-refractivity contribution in [1.29, 1.82) is 0 Å². The smallest absolute Gasteiger partial charge is 0.101 e. The Balaban J connectivity index is 1.81. The third-order valence-corrected chi connectivity index (χ3v) is 7.01. The van der Waals surface area contributed by atoms with Gasteiger partial charge in [-0.25, -0.2) is 0 Å². The second-order valence-corrected chi connectivity index (χ2v) is 9.71. The number of aromatic nitrogens is 2. The van der Waals surface area contributed by atoms with Crippen LogP contribution in [0.25, 0.3) is 55.5 Å². The van der Waals surface area contributed by atoms with E-state index in [9.17, 15) is 0 Å². The zero-order chi connectivity index (χ0) is 24.3. The van der Waals surface area contributed by atoms with E-state index in [-0.39, 0.29) is 0 Å². The third-order valence-electron chi connectivity index (χ3n) is 6.72. The average molecular weight is 477 g/mol. The molecular formula is C30H25ClN4. The molecule has 0 fully saturated rings. The summed E-state index contributed by atoms with van der Waals surface area (Å²) in [5.41, 5.74) is 10.5. The zero-order valence-corrected chi connectivity index (χ0v) is 20.9. The quantitative estimate of drug-likeness (QED) is 0.265. The molecule has 1 heterocycles. The first-order chi connectivity index (χ1) is 17.0. The van der Waals surface area contributed by atoms with Crippen molar-refractivity contribution in [1.82, 2.24) is 10.2 Å². The predicted octanol–water partition coefficient (Wildman–Crippen LogP) is 7.40. The van der Waals surface area contributed by atoms with Gasteiger partial charge in [-0.15, -0.1) is 10.2 Å². The summed E-state index contributed by atoms with van der Waals surface area (Å²) < 4.78 is 0. The Morgan fingerprint density at radius 3 is 1.66 bits per heavy atom. The third kappa shape index (κ3) is 3.21. The van der Waals surface area contributed by atoms with Crippen molar-refractivity contribution < 1.29 is 0 Å². The highest BCUT2D eigenvalue weighted by Crippen LogP contribution is 2.57. The Labute approximate surface area is 210 Å². The largest absolute Gasteiger partial charge is 0.377 e. The molecule has 0 atom stereocenters. The second-order valence-electron chi connectivity index (χ2n) is 9.30. The van der Waals surface area contributed by atoms with Gasteiger partial charge in [0, 0.05) is 66.9 Å². The van der Waals surface area contributed by atoms with Gasteiger partial charge in [0.15, 0.2) is 0 Å². The molecular weight excluding hydrogens is 452 g/mol. The van der Waals surface area contributed by atoms with E-state index in [1.165, 1.54) is 10.9 Å². The Kier molecular flexibility index (Phi) is 5.01. The van der Waals surface area contributed by atoms with Gasteiger partial charge in [0.25, 0.3) is 0 Å². The monoisotopic (exact) mass is 476 g/mol. The first kappa shape index (κ1) is 21.6. The molecule has 4 nitrogen and oxygen atoms in total. The maximum Gasteiger partial charge on any atom is 0.101 e. The number of hydrogen-bond donors (Lipinski definition) is 0. The van der Waals surface area contributed by atoms with E-state index < -0.39 is 0 Å². The van der Waals surface area contributed by atoms with Gasteiger partial charge < -0.3 is 9.80 Å². The Hall–Kier alpha value is -3.89. The molecule has 0 amide bonds. The number of fused-ring (bicyclic) bond motifs is 3. The Bertz CT molecular complexity index is 1590. The predicted molar refractivity (Wildman–Crippen MR) is 149 cm³/mol. The van der Waals surface area contributed by atoms with Crippen molar-refractivity contribution in [2.45, 2.75) is 0 Å². The lowest BCUT2D eigenvalue weighted by atomic mass is 9.95. The summed E-state index contributed by atoms with van der Waals surface area (Å²) in [5.74, 6) is 0. The van der Waals surface area contributed by atoms with Crippen LogP contribution < -0.4 is 9.80 Å². The number of nitrogens with zero attached hydrogens (tertiary/aromatic N) is 4. The zero-order valence-electron chi connectivity index (χ0n) is 20.2. The average Bonchev–Trinajstić information content (AvgIpc) is 3.19. The summed E-state index contributed by atoms with van der Waals surface area (Å²) in [6.07, 6.45) is 0. The van der Waals surface area contributed by atoms with Gasteiger partial charge in [-0.2, -0.15) is 0 Å². The lowest BCUT2D eigenvalue weighted by molar-refractivity contribution is 1.05. The summed E-state index contributed by atoms with van der Waals surface area (Å²) in [5, 5.41) is 12.7. The van der Waals surface area contributed by atoms with Crippen LogP contribution in [0.2, 0.25) is 5.02 Å². The van der Waals surface area contributed by atoms with Crippen LogP contribution in [0.1, 0.15) is 0 Å². The van der Waals surface area contributed by atoms with E-state index in [1.54, 1.807) is 0 Å². The normalized spacial score (nSPS) is 11.6. The molecule has 4 aromatic carbocycles. The minimum Gasteiger partial charge on any atom is -0.377 e. The summed E-state index contributed by atoms with van der Waals surface area (Å²) in [6, 6.07) is 27.1. The van der Waals surface area contributed by atoms with Crippen LogP contribution in [0.15, 0.2) is 78.9 Å². The van der Waals surface area contributed by atoms with E-state index in [0.29, 0.717) is 0 Å². The minimum absolute atomic E-state index is 0.725. The molecule has 5 aromatic rings. The second kappa shape index (κ2) is 8.10. The van der Waals surface area contributed by atoms with E-state index in [2.05, 4.69) is 66.4 Å². The Morgan fingerprint density at radius 2 is 1.14 bits per heavy atom. The topological polar surface area (TPSA) is 32.3 Å². The number of hydrogen-bond acceptors (Lipinski definition) is 4. The van der Waals surface area contributed by atoms with Crippen molar-refractivity contribution >= 4 is 33.7 Å². The maximum absolute atomic E-state index is 7.01. The van der Waals surface area contributed by atoms with Crippen LogP contribution in [-0.2, 0) is 0 Å². The standard InChI is InChI=1S/C30H25ClN4/c1-34(2)23-16-15-20-24-21(17-22(31)30(27(23)24)35(3)4)26-25(20)28(18-11-7-5-8-12-18)32-33-29(26)19-13-9-6-10-14-19/h5-17H,1-4H3.